The molecule has 1 heterocycles. The quantitative estimate of drug-likeness (QED) is 0.788. The lowest BCUT2D eigenvalue weighted by molar-refractivity contribution is 0.257. The van der Waals surface area contributed by atoms with Crippen LogP contribution in [-0.4, -0.2) is 22.4 Å². The van der Waals surface area contributed by atoms with E-state index in [-0.39, 0.29) is 0 Å². The number of nitrogens with zero attached hydrogens (tertiary/aromatic N) is 2. The molecule has 1 aromatic rings. The third-order valence-electron chi connectivity index (χ3n) is 4.72. The average Bonchev–Trinajstić information content (AvgIpc) is 2.82. The van der Waals surface area contributed by atoms with E-state index < -0.39 is 0 Å². The molecule has 0 amide bonds. The van der Waals surface area contributed by atoms with Crippen molar-refractivity contribution in [3.63, 3.8) is 0 Å². The number of rotatable bonds is 7. The maximum atomic E-state index is 4.75. The fourth-order valence-electron chi connectivity index (χ4n) is 3.51. The third kappa shape index (κ3) is 4.10. The summed E-state index contributed by atoms with van der Waals surface area (Å²) in [6.07, 6.45) is 8.83. The van der Waals surface area contributed by atoms with Gasteiger partial charge in [0, 0.05) is 12.6 Å². The number of hydrogen-bond donors (Lipinski definition) is 1. The van der Waals surface area contributed by atoms with Crippen LogP contribution in [0.1, 0.15) is 64.3 Å². The van der Waals surface area contributed by atoms with Gasteiger partial charge >= 0.3 is 0 Å². The van der Waals surface area contributed by atoms with Crippen LogP contribution < -0.4 is 5.32 Å². The molecule has 120 valence electrons. The fourth-order valence-corrected chi connectivity index (χ4v) is 4.24. The van der Waals surface area contributed by atoms with Crippen LogP contribution in [0.25, 0.3) is 0 Å². The van der Waals surface area contributed by atoms with Crippen molar-refractivity contribution in [2.45, 2.75) is 78.3 Å². The van der Waals surface area contributed by atoms with Gasteiger partial charge in [-0.1, -0.05) is 26.7 Å². The predicted molar refractivity (Wildman–Crippen MR) is 92.7 cm³/mol. The van der Waals surface area contributed by atoms with E-state index in [0.29, 0.717) is 6.04 Å². The molecule has 0 bridgehead atoms. The van der Waals surface area contributed by atoms with Crippen LogP contribution in [0.2, 0.25) is 0 Å². The first kappa shape index (κ1) is 17.0. The molecule has 0 aromatic carbocycles. The van der Waals surface area contributed by atoms with Gasteiger partial charge in [0.25, 0.3) is 0 Å². The Labute approximate surface area is 138 Å². The van der Waals surface area contributed by atoms with Gasteiger partial charge in [0.05, 0.1) is 15.9 Å². The minimum absolute atomic E-state index is 0.691. The Kier molecular flexibility index (Phi) is 6.74. The number of aryl methyl sites for hydroxylation is 2. The van der Waals surface area contributed by atoms with E-state index in [1.54, 1.807) is 0 Å². The van der Waals surface area contributed by atoms with Crippen molar-refractivity contribution in [1.29, 1.82) is 0 Å². The molecule has 2 atom stereocenters. The molecule has 21 heavy (non-hydrogen) atoms. The Morgan fingerprint density at radius 1 is 1.24 bits per heavy atom. The van der Waals surface area contributed by atoms with Gasteiger partial charge in [-0.15, -0.1) is 0 Å². The molecule has 0 saturated heterocycles. The number of nitrogens with one attached hydrogen (secondary N) is 1. The van der Waals surface area contributed by atoms with Crippen molar-refractivity contribution in [1.82, 2.24) is 15.1 Å². The molecule has 2 unspecified atom stereocenters. The molecule has 1 aliphatic carbocycles. The SMILES string of the molecule is CCCNC1CCCCC1Cc1c(Br)c(CC)nn1CC. The highest BCUT2D eigenvalue weighted by atomic mass is 79.9. The highest BCUT2D eigenvalue weighted by Crippen LogP contribution is 2.31. The van der Waals surface area contributed by atoms with Gasteiger partial charge in [-0.2, -0.15) is 5.10 Å². The number of hydrogen-bond acceptors (Lipinski definition) is 2. The largest absolute Gasteiger partial charge is 0.314 e. The van der Waals surface area contributed by atoms with Gasteiger partial charge in [0.2, 0.25) is 0 Å². The van der Waals surface area contributed by atoms with Crippen LogP contribution in [0.15, 0.2) is 4.47 Å². The number of halogens is 1. The summed E-state index contributed by atoms with van der Waals surface area (Å²) in [6.45, 7) is 8.74. The smallest absolute Gasteiger partial charge is 0.0766 e. The molecule has 0 radical (unpaired) electrons. The monoisotopic (exact) mass is 355 g/mol. The summed E-state index contributed by atoms with van der Waals surface area (Å²) in [5, 5.41) is 8.52. The molecular formula is C17H30BrN3. The minimum atomic E-state index is 0.691. The second-order valence-corrected chi connectivity index (χ2v) is 6.98. The molecule has 1 aromatic heterocycles. The van der Waals surface area contributed by atoms with Crippen LogP contribution in [0.5, 0.6) is 0 Å². The standard InChI is InChI=1S/C17H30BrN3/c1-4-11-19-15-10-8-7-9-13(15)12-16-17(18)14(5-2)20-21(16)6-3/h13,15,19H,4-12H2,1-3H3. The maximum absolute atomic E-state index is 4.75. The Morgan fingerprint density at radius 3 is 2.67 bits per heavy atom. The van der Waals surface area contributed by atoms with Gasteiger partial charge in [0.1, 0.15) is 0 Å². The van der Waals surface area contributed by atoms with Crippen LogP contribution in [0.4, 0.5) is 0 Å². The van der Waals surface area contributed by atoms with Gasteiger partial charge in [-0.25, -0.2) is 0 Å². The van der Waals surface area contributed by atoms with Crippen LogP contribution >= 0.6 is 15.9 Å². The molecular weight excluding hydrogens is 326 g/mol. The van der Waals surface area contributed by atoms with E-state index in [1.807, 2.05) is 0 Å². The van der Waals surface area contributed by atoms with Crippen LogP contribution in [0, 0.1) is 5.92 Å². The Bertz CT molecular complexity index is 441. The zero-order valence-corrected chi connectivity index (χ0v) is 15.4. The normalized spacial score (nSPS) is 22.7. The molecule has 0 aliphatic heterocycles. The van der Waals surface area contributed by atoms with Crippen molar-refractivity contribution < 1.29 is 0 Å². The van der Waals surface area contributed by atoms with Crippen LogP contribution in [-0.2, 0) is 19.4 Å². The Morgan fingerprint density at radius 2 is 2.00 bits per heavy atom. The van der Waals surface area contributed by atoms with Crippen molar-refractivity contribution >= 4 is 15.9 Å². The predicted octanol–water partition coefficient (Wildman–Crippen LogP) is 4.33. The first-order chi connectivity index (χ1) is 10.2. The van der Waals surface area contributed by atoms with Crippen molar-refractivity contribution in [3.8, 4) is 0 Å². The molecule has 4 heteroatoms. The molecule has 3 nitrogen and oxygen atoms in total. The molecule has 1 aliphatic rings. The first-order valence-electron chi connectivity index (χ1n) is 8.68. The van der Waals surface area contributed by atoms with Gasteiger partial charge in [0.15, 0.2) is 0 Å². The van der Waals surface area contributed by atoms with Crippen molar-refractivity contribution in [3.05, 3.63) is 15.9 Å². The van der Waals surface area contributed by atoms with Gasteiger partial charge in [-0.3, -0.25) is 4.68 Å². The molecule has 1 saturated carbocycles. The summed E-state index contributed by atoms with van der Waals surface area (Å²) in [6, 6.07) is 0.691. The van der Waals surface area contributed by atoms with E-state index in [2.05, 4.69) is 46.7 Å². The van der Waals surface area contributed by atoms with E-state index >= 15 is 0 Å². The summed E-state index contributed by atoms with van der Waals surface area (Å²) in [5.41, 5.74) is 2.62. The summed E-state index contributed by atoms with van der Waals surface area (Å²) < 4.78 is 3.46. The summed E-state index contributed by atoms with van der Waals surface area (Å²) in [7, 11) is 0. The summed E-state index contributed by atoms with van der Waals surface area (Å²) >= 11 is 3.80. The maximum Gasteiger partial charge on any atom is 0.0766 e. The summed E-state index contributed by atoms with van der Waals surface area (Å²) in [5.74, 6) is 0.758. The minimum Gasteiger partial charge on any atom is -0.314 e. The lowest BCUT2D eigenvalue weighted by Gasteiger charge is -2.32. The Hall–Kier alpha value is -0.350. The van der Waals surface area contributed by atoms with E-state index in [9.17, 15) is 0 Å². The third-order valence-corrected chi connectivity index (χ3v) is 5.63. The van der Waals surface area contributed by atoms with Crippen LogP contribution in [0.3, 0.4) is 0 Å². The second kappa shape index (κ2) is 8.33. The van der Waals surface area contributed by atoms with Gasteiger partial charge in [-0.05, 0) is 67.4 Å². The van der Waals surface area contributed by atoms with Crippen molar-refractivity contribution in [2.24, 2.45) is 5.92 Å². The Balaban J connectivity index is 2.12. The van der Waals surface area contributed by atoms with E-state index in [0.717, 1.165) is 31.8 Å². The zero-order chi connectivity index (χ0) is 15.2. The first-order valence-corrected chi connectivity index (χ1v) is 9.47. The fraction of sp³-hybridized carbons (Fsp3) is 0.824. The van der Waals surface area contributed by atoms with Gasteiger partial charge < -0.3 is 5.32 Å². The highest BCUT2D eigenvalue weighted by Gasteiger charge is 2.27. The molecule has 2 rings (SSSR count). The van der Waals surface area contributed by atoms with Crippen molar-refractivity contribution in [2.75, 3.05) is 6.54 Å². The van der Waals surface area contributed by atoms with E-state index in [1.165, 1.54) is 48.0 Å². The lowest BCUT2D eigenvalue weighted by atomic mass is 9.81. The molecule has 1 fully saturated rings. The lowest BCUT2D eigenvalue weighted by Crippen LogP contribution is -2.40. The van der Waals surface area contributed by atoms with E-state index in [4.69, 9.17) is 5.10 Å². The zero-order valence-electron chi connectivity index (χ0n) is 13.8. The summed E-state index contributed by atoms with van der Waals surface area (Å²) in [4.78, 5) is 0. The highest BCUT2D eigenvalue weighted by molar-refractivity contribution is 9.10. The molecule has 0 spiro atoms. The topological polar surface area (TPSA) is 29.9 Å². The number of aromatic nitrogens is 2. The average molecular weight is 356 g/mol. The molecule has 1 N–H and O–H groups in total. The second-order valence-electron chi connectivity index (χ2n) is 6.19.